The summed E-state index contributed by atoms with van der Waals surface area (Å²) in [7, 11) is 0. The van der Waals surface area contributed by atoms with Gasteiger partial charge in [0.2, 0.25) is 0 Å². The van der Waals surface area contributed by atoms with Crippen LogP contribution in [-0.4, -0.2) is 41.4 Å². The third-order valence-electron chi connectivity index (χ3n) is 2.18. The third kappa shape index (κ3) is 3.03. The van der Waals surface area contributed by atoms with Gasteiger partial charge >= 0.3 is 0 Å². The molecule has 0 aliphatic carbocycles. The van der Waals surface area contributed by atoms with Gasteiger partial charge in [-0.3, -0.25) is 10.3 Å². The molecule has 3 N–H and O–H groups in total. The highest BCUT2D eigenvalue weighted by molar-refractivity contribution is 7.99. The number of thioether (sulfide) groups is 1. The summed E-state index contributed by atoms with van der Waals surface area (Å²) in [6.07, 6.45) is 0.713. The highest BCUT2D eigenvalue weighted by Crippen LogP contribution is 2.13. The summed E-state index contributed by atoms with van der Waals surface area (Å²) in [6, 6.07) is 0.448. The van der Waals surface area contributed by atoms with Crippen molar-refractivity contribution in [3.8, 4) is 0 Å². The van der Waals surface area contributed by atoms with Crippen molar-refractivity contribution in [1.82, 2.24) is 4.90 Å². The summed E-state index contributed by atoms with van der Waals surface area (Å²) in [5.41, 5.74) is 5.35. The summed E-state index contributed by atoms with van der Waals surface area (Å²) in [6.45, 7) is 4.45. The lowest BCUT2D eigenvalue weighted by Crippen LogP contribution is -2.41. The van der Waals surface area contributed by atoms with E-state index in [1.54, 1.807) is 0 Å². The van der Waals surface area contributed by atoms with Crippen LogP contribution in [0.2, 0.25) is 0 Å². The van der Waals surface area contributed by atoms with Gasteiger partial charge in [0.1, 0.15) is 0 Å². The number of nitrogens with one attached hydrogen (secondary N) is 1. The monoisotopic (exact) mass is 187 g/mol. The summed E-state index contributed by atoms with van der Waals surface area (Å²) >= 11 is 2.01. The lowest BCUT2D eigenvalue weighted by molar-refractivity contribution is 0.235. The molecule has 70 valence electrons. The van der Waals surface area contributed by atoms with Crippen molar-refractivity contribution in [2.75, 3.05) is 24.6 Å². The minimum atomic E-state index is 0.306. The molecule has 3 nitrogen and oxygen atoms in total. The van der Waals surface area contributed by atoms with Gasteiger partial charge in [-0.15, -0.1) is 0 Å². The minimum absolute atomic E-state index is 0.306. The maximum Gasteiger partial charge on any atom is 0.0920 e. The molecule has 1 rings (SSSR count). The Morgan fingerprint density at radius 2 is 2.17 bits per heavy atom. The van der Waals surface area contributed by atoms with Crippen molar-refractivity contribution < 1.29 is 0 Å². The van der Waals surface area contributed by atoms with Gasteiger partial charge in [0.05, 0.1) is 5.84 Å². The van der Waals surface area contributed by atoms with E-state index in [9.17, 15) is 0 Å². The van der Waals surface area contributed by atoms with Crippen molar-refractivity contribution in [3.05, 3.63) is 0 Å². The van der Waals surface area contributed by atoms with Crippen LogP contribution in [0.5, 0.6) is 0 Å². The van der Waals surface area contributed by atoms with E-state index in [1.165, 1.54) is 11.5 Å². The SMILES string of the molecule is CC(CC(=N)N)N1CCSCC1. The standard InChI is InChI=1S/C8H17N3S/c1-7(6-8(9)10)11-2-4-12-5-3-11/h7H,2-6H2,1H3,(H3,9,10). The molecule has 1 heterocycles. The zero-order chi connectivity index (χ0) is 8.97. The normalized spacial score (nSPS) is 22.1. The van der Waals surface area contributed by atoms with Crippen LogP contribution in [0.4, 0.5) is 0 Å². The second kappa shape index (κ2) is 4.72. The molecule has 12 heavy (non-hydrogen) atoms. The smallest absolute Gasteiger partial charge is 0.0920 e. The Bertz CT molecular complexity index is 154. The molecule has 1 atom stereocenters. The molecule has 0 bridgehead atoms. The first-order chi connectivity index (χ1) is 5.70. The zero-order valence-electron chi connectivity index (χ0n) is 7.55. The van der Waals surface area contributed by atoms with E-state index in [2.05, 4.69) is 11.8 Å². The molecule has 1 aliphatic rings. The van der Waals surface area contributed by atoms with Crippen LogP contribution in [0.15, 0.2) is 0 Å². The van der Waals surface area contributed by atoms with Gasteiger partial charge < -0.3 is 5.73 Å². The van der Waals surface area contributed by atoms with E-state index in [0.717, 1.165) is 13.1 Å². The Kier molecular flexibility index (Phi) is 3.88. The largest absolute Gasteiger partial charge is 0.388 e. The van der Waals surface area contributed by atoms with Crippen LogP contribution in [0.1, 0.15) is 13.3 Å². The second-order valence-corrected chi connectivity index (χ2v) is 4.45. The van der Waals surface area contributed by atoms with E-state index in [4.69, 9.17) is 11.1 Å². The van der Waals surface area contributed by atoms with E-state index in [-0.39, 0.29) is 0 Å². The maximum atomic E-state index is 7.19. The van der Waals surface area contributed by atoms with Gasteiger partial charge in [-0.05, 0) is 6.92 Å². The van der Waals surface area contributed by atoms with Crippen LogP contribution in [-0.2, 0) is 0 Å². The maximum absolute atomic E-state index is 7.19. The van der Waals surface area contributed by atoms with Gasteiger partial charge in [-0.25, -0.2) is 0 Å². The average Bonchev–Trinajstić information content (AvgIpc) is 2.05. The Hall–Kier alpha value is -0.220. The van der Waals surface area contributed by atoms with Crippen molar-refractivity contribution in [3.63, 3.8) is 0 Å². The minimum Gasteiger partial charge on any atom is -0.388 e. The molecular weight excluding hydrogens is 170 g/mol. The molecule has 1 fully saturated rings. The van der Waals surface area contributed by atoms with Crippen molar-refractivity contribution >= 4 is 17.6 Å². The van der Waals surface area contributed by atoms with Crippen LogP contribution in [0, 0.1) is 5.41 Å². The third-order valence-corrected chi connectivity index (χ3v) is 3.13. The van der Waals surface area contributed by atoms with Crippen LogP contribution in [0.3, 0.4) is 0 Å². The van der Waals surface area contributed by atoms with E-state index >= 15 is 0 Å². The first kappa shape index (κ1) is 9.86. The number of hydrogen-bond donors (Lipinski definition) is 2. The lowest BCUT2D eigenvalue weighted by Gasteiger charge is -2.31. The fraction of sp³-hybridized carbons (Fsp3) is 0.875. The summed E-state index contributed by atoms with van der Waals surface area (Å²) in [4.78, 5) is 2.41. The molecular formula is C8H17N3S. The molecule has 1 aliphatic heterocycles. The molecule has 0 aromatic carbocycles. The van der Waals surface area contributed by atoms with Crippen molar-refractivity contribution in [1.29, 1.82) is 5.41 Å². The van der Waals surface area contributed by atoms with Gasteiger partial charge in [-0.1, -0.05) is 0 Å². The molecule has 4 heteroatoms. The van der Waals surface area contributed by atoms with Gasteiger partial charge in [-0.2, -0.15) is 11.8 Å². The number of amidine groups is 1. The van der Waals surface area contributed by atoms with Crippen LogP contribution >= 0.6 is 11.8 Å². The molecule has 0 aromatic rings. The molecule has 0 saturated carbocycles. The van der Waals surface area contributed by atoms with Crippen LogP contribution in [0.25, 0.3) is 0 Å². The lowest BCUT2D eigenvalue weighted by atomic mass is 10.2. The van der Waals surface area contributed by atoms with Gasteiger partial charge in [0, 0.05) is 37.1 Å². The topological polar surface area (TPSA) is 53.1 Å². The van der Waals surface area contributed by atoms with Gasteiger partial charge in [0.15, 0.2) is 0 Å². The highest BCUT2D eigenvalue weighted by Gasteiger charge is 2.16. The number of nitrogens with zero attached hydrogens (tertiary/aromatic N) is 1. The number of rotatable bonds is 3. The fourth-order valence-corrected chi connectivity index (χ4v) is 2.40. The summed E-state index contributed by atoms with van der Waals surface area (Å²) < 4.78 is 0. The molecule has 0 spiro atoms. The molecule has 0 aromatic heterocycles. The van der Waals surface area contributed by atoms with Crippen molar-refractivity contribution in [2.45, 2.75) is 19.4 Å². The molecule has 0 amide bonds. The van der Waals surface area contributed by atoms with E-state index in [0.29, 0.717) is 18.3 Å². The Morgan fingerprint density at radius 3 is 2.67 bits per heavy atom. The summed E-state index contributed by atoms with van der Waals surface area (Å²) in [5.74, 6) is 2.76. The molecule has 0 radical (unpaired) electrons. The van der Waals surface area contributed by atoms with Crippen LogP contribution < -0.4 is 5.73 Å². The Labute approximate surface area is 78.2 Å². The predicted molar refractivity (Wildman–Crippen MR) is 54.9 cm³/mol. The fourth-order valence-electron chi connectivity index (χ4n) is 1.47. The van der Waals surface area contributed by atoms with Crippen molar-refractivity contribution in [2.24, 2.45) is 5.73 Å². The Balaban J connectivity index is 2.29. The van der Waals surface area contributed by atoms with Gasteiger partial charge in [0.25, 0.3) is 0 Å². The number of hydrogen-bond acceptors (Lipinski definition) is 3. The van der Waals surface area contributed by atoms with E-state index < -0.39 is 0 Å². The first-order valence-electron chi connectivity index (χ1n) is 4.35. The number of nitrogens with two attached hydrogens (primary N) is 1. The molecule has 1 unspecified atom stereocenters. The second-order valence-electron chi connectivity index (χ2n) is 3.23. The zero-order valence-corrected chi connectivity index (χ0v) is 8.36. The Morgan fingerprint density at radius 1 is 1.58 bits per heavy atom. The quantitative estimate of drug-likeness (QED) is 0.506. The predicted octanol–water partition coefficient (Wildman–Crippen LogP) is 0.750. The average molecular weight is 187 g/mol. The van der Waals surface area contributed by atoms with E-state index in [1.807, 2.05) is 11.8 Å². The molecule has 1 saturated heterocycles. The summed E-state index contributed by atoms with van der Waals surface area (Å²) in [5, 5.41) is 7.19. The highest BCUT2D eigenvalue weighted by atomic mass is 32.2. The first-order valence-corrected chi connectivity index (χ1v) is 5.50.